The minimum Gasteiger partial charge on any atom is -0.481 e. The van der Waals surface area contributed by atoms with Crippen molar-refractivity contribution in [1.29, 1.82) is 0 Å². The summed E-state index contributed by atoms with van der Waals surface area (Å²) >= 11 is 0. The van der Waals surface area contributed by atoms with Gasteiger partial charge in [-0.05, 0) is 86.4 Å². The number of carbonyl (C=O) groups is 1. The highest BCUT2D eigenvalue weighted by molar-refractivity contribution is 5.69. The molecule has 0 bridgehead atoms. The number of hydrogen-bond donors (Lipinski definition) is 3. The second kappa shape index (κ2) is 8.17. The Balaban J connectivity index is 1.49. The molecule has 0 aromatic carbocycles. The summed E-state index contributed by atoms with van der Waals surface area (Å²) in [5, 5.41) is 31.3. The maximum Gasteiger partial charge on any atom is 0.306 e. The van der Waals surface area contributed by atoms with Gasteiger partial charge in [-0.2, -0.15) is 0 Å². The summed E-state index contributed by atoms with van der Waals surface area (Å²) in [6.45, 7) is 8.88. The van der Waals surface area contributed by atoms with Gasteiger partial charge in [0.1, 0.15) is 0 Å². The molecule has 4 aliphatic rings. The van der Waals surface area contributed by atoms with Crippen LogP contribution in [-0.2, 0) is 4.79 Å². The van der Waals surface area contributed by atoms with Gasteiger partial charge in [0, 0.05) is 11.8 Å². The van der Waals surface area contributed by atoms with E-state index in [1.807, 2.05) is 6.92 Å². The van der Waals surface area contributed by atoms with E-state index >= 15 is 0 Å². The maximum absolute atomic E-state index is 11.1. The van der Waals surface area contributed by atoms with Crippen molar-refractivity contribution in [2.24, 2.45) is 46.3 Å². The van der Waals surface area contributed by atoms with E-state index in [1.165, 1.54) is 24.8 Å². The molecule has 0 aliphatic heterocycles. The number of aliphatic carboxylic acids is 1. The van der Waals surface area contributed by atoms with Crippen LogP contribution in [0.3, 0.4) is 0 Å². The second-order valence-electron chi connectivity index (χ2n) is 12.1. The summed E-state index contributed by atoms with van der Waals surface area (Å²) in [5.74, 6) is 0.456. The molecule has 3 saturated carbocycles. The van der Waals surface area contributed by atoms with Crippen molar-refractivity contribution < 1.29 is 20.1 Å². The Morgan fingerprint density at radius 2 is 1.84 bits per heavy atom. The molecule has 1 unspecified atom stereocenters. The van der Waals surface area contributed by atoms with Crippen LogP contribution >= 0.6 is 0 Å². The van der Waals surface area contributed by atoms with Crippen LogP contribution < -0.4 is 0 Å². The van der Waals surface area contributed by atoms with Crippen molar-refractivity contribution in [3.63, 3.8) is 0 Å². The van der Waals surface area contributed by atoms with Gasteiger partial charge in [-0.1, -0.05) is 52.2 Å². The lowest BCUT2D eigenvalue weighted by Gasteiger charge is -2.61. The fourth-order valence-corrected chi connectivity index (χ4v) is 8.81. The van der Waals surface area contributed by atoms with Gasteiger partial charge in [0.2, 0.25) is 0 Å². The van der Waals surface area contributed by atoms with Crippen LogP contribution in [-0.4, -0.2) is 27.1 Å². The first-order valence-corrected chi connectivity index (χ1v) is 12.9. The quantitative estimate of drug-likeness (QED) is 0.368. The summed E-state index contributed by atoms with van der Waals surface area (Å²) in [4.78, 5) is 11.1. The summed E-state index contributed by atoms with van der Waals surface area (Å²) in [6.07, 6.45) is 13.6. The average Bonchev–Trinajstić information content (AvgIpc) is 3.06. The van der Waals surface area contributed by atoms with Crippen LogP contribution in [0, 0.1) is 46.3 Å². The van der Waals surface area contributed by atoms with Gasteiger partial charge < -0.3 is 15.3 Å². The van der Waals surface area contributed by atoms with E-state index in [1.54, 1.807) is 0 Å². The lowest BCUT2D eigenvalue weighted by molar-refractivity contribution is -0.269. The lowest BCUT2D eigenvalue weighted by Crippen LogP contribution is -2.60. The fourth-order valence-electron chi connectivity index (χ4n) is 8.81. The van der Waals surface area contributed by atoms with Crippen LogP contribution in [0.15, 0.2) is 11.6 Å². The molecule has 4 rings (SSSR count). The number of aliphatic hydroxyl groups is 2. The van der Waals surface area contributed by atoms with E-state index in [9.17, 15) is 15.0 Å². The van der Waals surface area contributed by atoms with Crippen LogP contribution in [0.2, 0.25) is 0 Å². The average molecular weight is 433 g/mol. The van der Waals surface area contributed by atoms with Crippen molar-refractivity contribution in [1.82, 2.24) is 0 Å². The normalized spacial score (nSPS) is 43.2. The molecular formula is C27H44O4. The minimum atomic E-state index is -1.57. The molecule has 3 N–H and O–H groups in total. The number of carboxylic acid groups (broad SMARTS) is 1. The highest BCUT2D eigenvalue weighted by Gasteiger charge is 2.63. The molecule has 0 spiro atoms. The van der Waals surface area contributed by atoms with Gasteiger partial charge in [0.05, 0.1) is 5.92 Å². The molecule has 0 aromatic rings. The number of rotatable bonds is 6. The van der Waals surface area contributed by atoms with Crippen molar-refractivity contribution in [3.8, 4) is 0 Å². The van der Waals surface area contributed by atoms with Gasteiger partial charge in [-0.15, -0.1) is 0 Å². The van der Waals surface area contributed by atoms with Gasteiger partial charge in [-0.3, -0.25) is 4.79 Å². The molecule has 176 valence electrons. The van der Waals surface area contributed by atoms with Gasteiger partial charge in [-0.25, -0.2) is 0 Å². The third-order valence-electron chi connectivity index (χ3n) is 10.8. The van der Waals surface area contributed by atoms with E-state index in [2.05, 4.69) is 26.8 Å². The summed E-state index contributed by atoms with van der Waals surface area (Å²) < 4.78 is 0. The fraction of sp³-hybridized carbons (Fsp3) is 0.889. The first-order valence-electron chi connectivity index (χ1n) is 12.9. The Hall–Kier alpha value is -0.870. The monoisotopic (exact) mass is 432 g/mol. The van der Waals surface area contributed by atoms with Crippen LogP contribution in [0.5, 0.6) is 0 Å². The molecule has 4 nitrogen and oxygen atoms in total. The second-order valence-corrected chi connectivity index (χ2v) is 12.1. The van der Waals surface area contributed by atoms with Gasteiger partial charge in [0.15, 0.2) is 5.79 Å². The Bertz CT molecular complexity index is 727. The zero-order chi connectivity index (χ0) is 22.6. The first kappa shape index (κ1) is 23.3. The van der Waals surface area contributed by atoms with Crippen molar-refractivity contribution in [3.05, 3.63) is 11.6 Å². The van der Waals surface area contributed by atoms with Gasteiger partial charge >= 0.3 is 5.97 Å². The molecule has 31 heavy (non-hydrogen) atoms. The van der Waals surface area contributed by atoms with Crippen LogP contribution in [0.25, 0.3) is 0 Å². The largest absolute Gasteiger partial charge is 0.481 e. The molecule has 0 radical (unpaired) electrons. The molecule has 4 heteroatoms. The van der Waals surface area contributed by atoms with Crippen molar-refractivity contribution in [2.45, 2.75) is 104 Å². The SMILES string of the molecule is CC(CCC[C@@H](C)[C@H]1CC[C@H]2[C@@H]3CC=C4CCCC(O)(O)[C@]4(C)[C@H]3CC[C@]12C)C(=O)O. The molecule has 8 atom stereocenters. The number of carboxylic acids is 1. The Morgan fingerprint density at radius 3 is 2.55 bits per heavy atom. The molecule has 0 heterocycles. The zero-order valence-corrected chi connectivity index (χ0v) is 20.1. The third-order valence-corrected chi connectivity index (χ3v) is 10.8. The molecule has 3 fully saturated rings. The number of allylic oxidation sites excluding steroid dienone is 1. The van der Waals surface area contributed by atoms with Crippen molar-refractivity contribution >= 4 is 5.97 Å². The molecule has 0 aromatic heterocycles. The maximum atomic E-state index is 11.1. The highest BCUT2D eigenvalue weighted by Crippen LogP contribution is 2.68. The Kier molecular flexibility index (Phi) is 6.14. The topological polar surface area (TPSA) is 77.8 Å². The lowest BCUT2D eigenvalue weighted by atomic mass is 9.45. The summed E-state index contributed by atoms with van der Waals surface area (Å²) in [7, 11) is 0. The van der Waals surface area contributed by atoms with E-state index in [4.69, 9.17) is 5.11 Å². The predicted molar refractivity (Wildman–Crippen MR) is 122 cm³/mol. The van der Waals surface area contributed by atoms with E-state index in [0.29, 0.717) is 41.4 Å². The predicted octanol–water partition coefficient (Wildman–Crippen LogP) is 5.77. The standard InChI is InChI=1S/C27H44O4/c1-17(7-5-8-18(2)24(28)29)21-12-13-22-20-11-10-19-9-6-15-27(30,31)26(19,4)23(20)14-16-25(21,22)3/h10,17-18,20-23,30-31H,5-9,11-16H2,1-4H3,(H,28,29)/t17-,18?,20+,21-,22+,23+,25-,26+/m1/s1. The number of fused-ring (bicyclic) bond motifs is 5. The smallest absolute Gasteiger partial charge is 0.306 e. The zero-order valence-electron chi connectivity index (χ0n) is 20.1. The summed E-state index contributed by atoms with van der Waals surface area (Å²) in [6, 6.07) is 0. The van der Waals surface area contributed by atoms with Crippen molar-refractivity contribution in [2.75, 3.05) is 0 Å². The van der Waals surface area contributed by atoms with Gasteiger partial charge in [0.25, 0.3) is 0 Å². The minimum absolute atomic E-state index is 0.244. The molecule has 4 aliphatic carbocycles. The van der Waals surface area contributed by atoms with Crippen LogP contribution in [0.4, 0.5) is 0 Å². The molecule has 0 saturated heterocycles. The first-order chi connectivity index (χ1) is 14.5. The molecular weight excluding hydrogens is 388 g/mol. The van der Waals surface area contributed by atoms with Crippen LogP contribution in [0.1, 0.15) is 98.3 Å². The Morgan fingerprint density at radius 1 is 1.10 bits per heavy atom. The van der Waals surface area contributed by atoms with E-state index in [-0.39, 0.29) is 5.92 Å². The van der Waals surface area contributed by atoms with E-state index < -0.39 is 17.2 Å². The molecule has 0 amide bonds. The third kappa shape index (κ3) is 3.60. The summed E-state index contributed by atoms with van der Waals surface area (Å²) in [5.41, 5.74) is 1.17. The van der Waals surface area contributed by atoms with E-state index in [0.717, 1.165) is 44.9 Å². The number of hydrogen-bond acceptors (Lipinski definition) is 3. The highest BCUT2D eigenvalue weighted by atomic mass is 16.5. The Labute approximate surface area is 188 Å².